The number of carbonyl (C=O) groups is 1. The van der Waals surface area contributed by atoms with Crippen LogP contribution in [-0.4, -0.2) is 72.3 Å². The van der Waals surface area contributed by atoms with E-state index in [4.69, 9.17) is 9.47 Å². The fourth-order valence-corrected chi connectivity index (χ4v) is 3.28. The highest BCUT2D eigenvalue weighted by Gasteiger charge is 2.44. The Balaban J connectivity index is 1.59. The molecule has 1 aliphatic heterocycles. The number of esters is 1. The summed E-state index contributed by atoms with van der Waals surface area (Å²) in [6.07, 6.45) is -1.57. The molecule has 3 heterocycles. The van der Waals surface area contributed by atoms with Crippen LogP contribution in [0.25, 0.3) is 11.2 Å². The van der Waals surface area contributed by atoms with E-state index < -0.39 is 37.1 Å². The summed E-state index contributed by atoms with van der Waals surface area (Å²) in [5, 5.41) is 32.7. The van der Waals surface area contributed by atoms with Crippen molar-refractivity contribution in [3.8, 4) is 0 Å². The van der Waals surface area contributed by atoms with Crippen LogP contribution >= 0.6 is 0 Å². The van der Waals surface area contributed by atoms with Gasteiger partial charge >= 0.3 is 5.97 Å². The highest BCUT2D eigenvalue weighted by Crippen LogP contribution is 2.32. The summed E-state index contributed by atoms with van der Waals surface area (Å²) in [4.78, 5) is 24.5. The van der Waals surface area contributed by atoms with Crippen LogP contribution in [0, 0.1) is 0 Å². The molecule has 1 fully saturated rings. The predicted molar refractivity (Wildman–Crippen MR) is 104 cm³/mol. The lowest BCUT2D eigenvalue weighted by molar-refractivity contribution is -0.0511. The zero-order chi connectivity index (χ0) is 21.3. The van der Waals surface area contributed by atoms with E-state index in [9.17, 15) is 20.1 Å². The molecule has 3 aromatic rings. The van der Waals surface area contributed by atoms with Crippen LogP contribution in [0.2, 0.25) is 0 Å². The minimum absolute atomic E-state index is 0.301. The molecule has 11 heteroatoms. The van der Waals surface area contributed by atoms with E-state index in [0.717, 1.165) is 0 Å². The van der Waals surface area contributed by atoms with Gasteiger partial charge in [0.2, 0.25) is 0 Å². The van der Waals surface area contributed by atoms with Gasteiger partial charge in [-0.05, 0) is 31.2 Å². The van der Waals surface area contributed by atoms with E-state index in [1.165, 1.54) is 17.2 Å². The molecule has 11 nitrogen and oxygen atoms in total. The van der Waals surface area contributed by atoms with E-state index in [2.05, 4.69) is 20.3 Å². The van der Waals surface area contributed by atoms with Gasteiger partial charge in [-0.25, -0.2) is 19.7 Å². The van der Waals surface area contributed by atoms with E-state index in [1.807, 2.05) is 0 Å². The summed E-state index contributed by atoms with van der Waals surface area (Å²) in [5.41, 5.74) is 1.91. The number of hydrogen-bond donors (Lipinski definition) is 4. The minimum atomic E-state index is -1.25. The van der Waals surface area contributed by atoms with Gasteiger partial charge in [0.25, 0.3) is 0 Å². The number of anilines is 2. The molecule has 0 spiro atoms. The number of aliphatic hydroxyl groups excluding tert-OH is 3. The second-order valence-corrected chi connectivity index (χ2v) is 6.70. The van der Waals surface area contributed by atoms with Crippen molar-refractivity contribution in [2.24, 2.45) is 0 Å². The van der Waals surface area contributed by atoms with Gasteiger partial charge in [0.05, 0.1) is 25.1 Å². The Hall–Kier alpha value is -3.12. The van der Waals surface area contributed by atoms with Crippen molar-refractivity contribution in [3.05, 3.63) is 42.5 Å². The number of nitrogens with zero attached hydrogens (tertiary/aromatic N) is 4. The second-order valence-electron chi connectivity index (χ2n) is 6.70. The first-order chi connectivity index (χ1) is 14.5. The Kier molecular flexibility index (Phi) is 5.59. The maximum absolute atomic E-state index is 11.8. The Morgan fingerprint density at radius 1 is 1.20 bits per heavy atom. The minimum Gasteiger partial charge on any atom is -0.462 e. The van der Waals surface area contributed by atoms with E-state index in [-0.39, 0.29) is 0 Å². The smallest absolute Gasteiger partial charge is 0.338 e. The average Bonchev–Trinajstić information content (AvgIpc) is 3.30. The number of fused-ring (bicyclic) bond motifs is 1. The molecule has 4 N–H and O–H groups in total. The van der Waals surface area contributed by atoms with Crippen LogP contribution in [0.3, 0.4) is 0 Å². The van der Waals surface area contributed by atoms with Crippen molar-refractivity contribution < 1.29 is 29.6 Å². The summed E-state index contributed by atoms with van der Waals surface area (Å²) in [6, 6.07) is 6.69. The zero-order valence-corrected chi connectivity index (χ0v) is 16.0. The first kappa shape index (κ1) is 20.2. The van der Waals surface area contributed by atoms with E-state index >= 15 is 0 Å². The van der Waals surface area contributed by atoms with Crippen LogP contribution in [0.4, 0.5) is 11.5 Å². The third-order valence-electron chi connectivity index (χ3n) is 4.81. The number of aliphatic hydroxyl groups is 3. The summed E-state index contributed by atoms with van der Waals surface area (Å²) in [5.74, 6) is 0.0140. The Morgan fingerprint density at radius 2 is 1.97 bits per heavy atom. The first-order valence-electron chi connectivity index (χ1n) is 9.37. The lowest BCUT2D eigenvalue weighted by atomic mass is 10.1. The number of aromatic nitrogens is 4. The van der Waals surface area contributed by atoms with Crippen LogP contribution in [0.15, 0.2) is 36.9 Å². The number of carbonyl (C=O) groups excluding carboxylic acids is 1. The van der Waals surface area contributed by atoms with Crippen molar-refractivity contribution >= 4 is 28.6 Å². The lowest BCUT2D eigenvalue weighted by Crippen LogP contribution is -2.33. The molecule has 1 aromatic carbocycles. The molecular formula is C19H21N5O6. The van der Waals surface area contributed by atoms with E-state index in [0.29, 0.717) is 34.8 Å². The maximum atomic E-state index is 11.8. The van der Waals surface area contributed by atoms with Crippen LogP contribution in [-0.2, 0) is 9.47 Å². The molecular weight excluding hydrogens is 394 g/mol. The average molecular weight is 415 g/mol. The van der Waals surface area contributed by atoms with Gasteiger partial charge in [-0.3, -0.25) is 4.57 Å². The molecule has 4 unspecified atom stereocenters. The molecule has 1 aliphatic rings. The molecule has 30 heavy (non-hydrogen) atoms. The monoisotopic (exact) mass is 415 g/mol. The van der Waals surface area contributed by atoms with Crippen LogP contribution in [0.1, 0.15) is 23.5 Å². The molecule has 2 aromatic heterocycles. The summed E-state index contributed by atoms with van der Waals surface area (Å²) < 4.78 is 12.0. The predicted octanol–water partition coefficient (Wildman–Crippen LogP) is 0.358. The summed E-state index contributed by atoms with van der Waals surface area (Å²) in [7, 11) is 0. The second kappa shape index (κ2) is 8.32. The number of ether oxygens (including phenoxy) is 2. The van der Waals surface area contributed by atoms with Gasteiger partial charge in [-0.2, -0.15) is 0 Å². The highest BCUT2D eigenvalue weighted by molar-refractivity contribution is 5.90. The molecule has 0 aliphatic carbocycles. The summed E-state index contributed by atoms with van der Waals surface area (Å²) in [6.45, 7) is 1.62. The molecule has 0 bridgehead atoms. The van der Waals surface area contributed by atoms with Crippen LogP contribution < -0.4 is 5.32 Å². The van der Waals surface area contributed by atoms with Gasteiger partial charge in [0, 0.05) is 5.69 Å². The molecule has 158 valence electrons. The number of rotatable bonds is 6. The Morgan fingerprint density at radius 3 is 2.63 bits per heavy atom. The van der Waals surface area contributed by atoms with Crippen molar-refractivity contribution in [3.63, 3.8) is 0 Å². The number of nitrogens with one attached hydrogen (secondary N) is 1. The summed E-state index contributed by atoms with van der Waals surface area (Å²) >= 11 is 0. The molecule has 0 radical (unpaired) electrons. The number of imidazole rings is 1. The quantitative estimate of drug-likeness (QED) is 0.415. The van der Waals surface area contributed by atoms with Gasteiger partial charge < -0.3 is 30.1 Å². The van der Waals surface area contributed by atoms with Crippen molar-refractivity contribution in [1.29, 1.82) is 0 Å². The maximum Gasteiger partial charge on any atom is 0.338 e. The zero-order valence-electron chi connectivity index (χ0n) is 16.0. The number of benzene rings is 1. The SMILES string of the molecule is CCOC(=O)c1ccc(Nc2ncnc3c2ncn3C2OC(CO)C(O)C2O)cc1. The topological polar surface area (TPSA) is 152 Å². The third-order valence-corrected chi connectivity index (χ3v) is 4.81. The highest BCUT2D eigenvalue weighted by atomic mass is 16.6. The molecule has 4 atom stereocenters. The largest absolute Gasteiger partial charge is 0.462 e. The standard InChI is InChI=1S/C19H21N5O6/c1-2-29-19(28)10-3-5-11(6-4-10)23-16-13-17(21-8-20-16)24(9-22-13)18-15(27)14(26)12(7-25)30-18/h3-6,8-9,12,14-15,18,25-27H,2,7H2,1H3,(H,20,21,23). The van der Waals surface area contributed by atoms with Gasteiger partial charge in [-0.15, -0.1) is 0 Å². The van der Waals surface area contributed by atoms with E-state index in [1.54, 1.807) is 31.2 Å². The lowest BCUT2D eigenvalue weighted by Gasteiger charge is -2.16. The first-order valence-corrected chi connectivity index (χ1v) is 9.37. The van der Waals surface area contributed by atoms with Crippen molar-refractivity contribution in [2.45, 2.75) is 31.5 Å². The normalized spacial score (nSPS) is 23.6. The molecule has 1 saturated heterocycles. The number of hydrogen-bond acceptors (Lipinski definition) is 10. The van der Waals surface area contributed by atoms with Crippen molar-refractivity contribution in [2.75, 3.05) is 18.5 Å². The fraction of sp³-hybridized carbons (Fsp3) is 0.368. The molecule has 0 saturated carbocycles. The third kappa shape index (κ3) is 3.59. The Labute approximate surface area is 170 Å². The molecule has 4 rings (SSSR count). The van der Waals surface area contributed by atoms with Gasteiger partial charge in [-0.1, -0.05) is 0 Å². The fourth-order valence-electron chi connectivity index (χ4n) is 3.28. The Bertz CT molecular complexity index is 1040. The van der Waals surface area contributed by atoms with Crippen molar-refractivity contribution in [1.82, 2.24) is 19.5 Å². The van der Waals surface area contributed by atoms with Gasteiger partial charge in [0.1, 0.15) is 24.6 Å². The van der Waals surface area contributed by atoms with Crippen LogP contribution in [0.5, 0.6) is 0 Å². The molecule has 0 amide bonds. The van der Waals surface area contributed by atoms with Gasteiger partial charge in [0.15, 0.2) is 23.2 Å².